The Morgan fingerprint density at radius 2 is 2.13 bits per heavy atom. The fraction of sp³-hybridized carbons (Fsp3) is 0.125. The quantitative estimate of drug-likeness (QED) is 0.863. The molecule has 0 atom stereocenters. The second-order valence-corrected chi connectivity index (χ2v) is 5.72. The lowest BCUT2D eigenvalue weighted by molar-refractivity contribution is 0.585. The lowest BCUT2D eigenvalue weighted by Crippen LogP contribution is -2.09. The number of hydrogen-bond donors (Lipinski definition) is 1. The molecular weight excluding hydrogens is 238 g/mol. The van der Waals surface area contributed by atoms with Gasteiger partial charge >= 0.3 is 4.94 Å². The maximum absolute atomic E-state index is 10.9. The SMILES string of the molecule is CS(=O)(=O)Nc1ccc2oc(=O)sc2c1. The molecule has 2 rings (SSSR count). The molecule has 0 spiro atoms. The Balaban J connectivity index is 2.51. The summed E-state index contributed by atoms with van der Waals surface area (Å²) in [5, 5.41) is 0. The minimum absolute atomic E-state index is 0.401. The first-order valence-electron chi connectivity index (χ1n) is 3.95. The van der Waals surface area contributed by atoms with Gasteiger partial charge in [-0.25, -0.2) is 13.2 Å². The largest absolute Gasteiger partial charge is 0.414 e. The number of hydrogen-bond acceptors (Lipinski definition) is 5. The van der Waals surface area contributed by atoms with Crippen LogP contribution >= 0.6 is 11.3 Å². The summed E-state index contributed by atoms with van der Waals surface area (Å²) in [4.78, 5) is 10.5. The van der Waals surface area contributed by atoms with Crippen molar-refractivity contribution >= 4 is 37.3 Å². The van der Waals surface area contributed by atoms with Crippen LogP contribution < -0.4 is 9.66 Å². The van der Waals surface area contributed by atoms with Crippen LogP contribution in [0, 0.1) is 0 Å². The van der Waals surface area contributed by atoms with Gasteiger partial charge in [-0.2, -0.15) is 0 Å². The van der Waals surface area contributed by atoms with Crippen LogP contribution in [0.5, 0.6) is 0 Å². The minimum atomic E-state index is -3.29. The molecule has 1 aromatic heterocycles. The first-order chi connectivity index (χ1) is 6.94. The Bertz CT molecular complexity index is 653. The molecule has 1 heterocycles. The van der Waals surface area contributed by atoms with Gasteiger partial charge < -0.3 is 4.42 Å². The Morgan fingerprint density at radius 3 is 2.80 bits per heavy atom. The number of anilines is 1. The van der Waals surface area contributed by atoms with Crippen molar-refractivity contribution in [2.45, 2.75) is 0 Å². The number of fused-ring (bicyclic) bond motifs is 1. The second kappa shape index (κ2) is 3.35. The van der Waals surface area contributed by atoms with E-state index in [4.69, 9.17) is 4.42 Å². The van der Waals surface area contributed by atoms with Gasteiger partial charge in [-0.3, -0.25) is 4.72 Å². The zero-order valence-electron chi connectivity index (χ0n) is 7.68. The summed E-state index contributed by atoms with van der Waals surface area (Å²) in [7, 11) is -3.29. The number of benzene rings is 1. The molecule has 2 aromatic rings. The van der Waals surface area contributed by atoms with Crippen molar-refractivity contribution in [3.8, 4) is 0 Å². The molecule has 1 N–H and O–H groups in total. The van der Waals surface area contributed by atoms with Crippen LogP contribution in [0.2, 0.25) is 0 Å². The average Bonchev–Trinajstić information content (AvgIpc) is 2.40. The molecule has 1 aromatic carbocycles. The van der Waals surface area contributed by atoms with E-state index in [0.29, 0.717) is 16.0 Å². The van der Waals surface area contributed by atoms with Gasteiger partial charge in [0.05, 0.1) is 16.6 Å². The molecule has 0 fully saturated rings. The molecule has 7 heteroatoms. The highest BCUT2D eigenvalue weighted by molar-refractivity contribution is 7.92. The lowest BCUT2D eigenvalue weighted by Gasteiger charge is -2.01. The van der Waals surface area contributed by atoms with E-state index in [1.807, 2.05) is 0 Å². The first kappa shape index (κ1) is 10.2. The fourth-order valence-electron chi connectivity index (χ4n) is 1.15. The third-order valence-corrected chi connectivity index (χ3v) is 3.03. The summed E-state index contributed by atoms with van der Waals surface area (Å²) in [5.41, 5.74) is 0.881. The molecule has 5 nitrogen and oxygen atoms in total. The normalized spacial score (nSPS) is 11.8. The topological polar surface area (TPSA) is 76.4 Å². The standard InChI is InChI=1S/C8H7NO4S2/c1-15(11,12)9-5-2-3-6-7(4-5)14-8(10)13-6/h2-4,9H,1H3. The number of nitrogens with one attached hydrogen (secondary N) is 1. The molecule has 0 aliphatic heterocycles. The van der Waals surface area contributed by atoms with E-state index in [1.165, 1.54) is 0 Å². The molecule has 0 saturated heterocycles. The Kier molecular flexibility index (Phi) is 2.28. The van der Waals surface area contributed by atoms with Gasteiger partial charge in [0.2, 0.25) is 10.0 Å². The van der Waals surface area contributed by atoms with Crippen molar-refractivity contribution in [2.75, 3.05) is 11.0 Å². The molecule has 0 amide bonds. The zero-order chi connectivity index (χ0) is 11.1. The average molecular weight is 245 g/mol. The van der Waals surface area contributed by atoms with Crippen molar-refractivity contribution in [1.29, 1.82) is 0 Å². The second-order valence-electron chi connectivity index (χ2n) is 2.99. The molecular formula is C8H7NO4S2. The number of sulfonamides is 1. The van der Waals surface area contributed by atoms with Crippen molar-refractivity contribution in [1.82, 2.24) is 0 Å². The Hall–Kier alpha value is -1.34. The number of rotatable bonds is 2. The maximum atomic E-state index is 10.9. The third kappa shape index (κ3) is 2.37. The zero-order valence-corrected chi connectivity index (χ0v) is 9.31. The summed E-state index contributed by atoms with van der Waals surface area (Å²) in [5.74, 6) is 0. The van der Waals surface area contributed by atoms with E-state index in [-0.39, 0.29) is 0 Å². The van der Waals surface area contributed by atoms with Crippen molar-refractivity contribution < 1.29 is 12.8 Å². The summed E-state index contributed by atoms with van der Waals surface area (Å²) in [6.07, 6.45) is 1.06. The molecule has 0 aliphatic carbocycles. The summed E-state index contributed by atoms with van der Waals surface area (Å²) >= 11 is 0.935. The monoisotopic (exact) mass is 245 g/mol. The predicted octanol–water partition coefficient (Wildman–Crippen LogP) is 1.23. The van der Waals surface area contributed by atoms with E-state index in [1.54, 1.807) is 18.2 Å². The van der Waals surface area contributed by atoms with Crippen LogP contribution in [0.4, 0.5) is 5.69 Å². The highest BCUT2D eigenvalue weighted by Crippen LogP contribution is 2.21. The van der Waals surface area contributed by atoms with Gasteiger partial charge in [-0.05, 0) is 18.2 Å². The Morgan fingerprint density at radius 1 is 1.40 bits per heavy atom. The van der Waals surface area contributed by atoms with Crippen molar-refractivity contribution in [3.05, 3.63) is 27.9 Å². The van der Waals surface area contributed by atoms with E-state index >= 15 is 0 Å². The first-order valence-corrected chi connectivity index (χ1v) is 6.66. The van der Waals surface area contributed by atoms with Gasteiger partial charge in [-0.15, -0.1) is 0 Å². The predicted molar refractivity (Wildman–Crippen MR) is 58.8 cm³/mol. The minimum Gasteiger partial charge on any atom is -0.414 e. The smallest absolute Gasteiger partial charge is 0.396 e. The van der Waals surface area contributed by atoms with Crippen molar-refractivity contribution in [3.63, 3.8) is 0 Å². The molecule has 0 saturated carbocycles. The lowest BCUT2D eigenvalue weighted by atomic mass is 10.3. The van der Waals surface area contributed by atoms with Crippen molar-refractivity contribution in [2.24, 2.45) is 0 Å². The fourth-order valence-corrected chi connectivity index (χ4v) is 2.41. The van der Waals surface area contributed by atoms with Crippen LogP contribution in [-0.2, 0) is 10.0 Å². The van der Waals surface area contributed by atoms with E-state index in [0.717, 1.165) is 17.6 Å². The summed E-state index contributed by atoms with van der Waals surface area (Å²) in [6.45, 7) is 0. The molecule has 0 aliphatic rings. The van der Waals surface area contributed by atoms with Gasteiger partial charge in [-0.1, -0.05) is 11.3 Å². The van der Waals surface area contributed by atoms with Crippen LogP contribution in [0.1, 0.15) is 0 Å². The van der Waals surface area contributed by atoms with Crippen LogP contribution in [0.3, 0.4) is 0 Å². The maximum Gasteiger partial charge on any atom is 0.396 e. The van der Waals surface area contributed by atoms with Gasteiger partial charge in [0.1, 0.15) is 5.58 Å². The highest BCUT2D eigenvalue weighted by atomic mass is 32.2. The van der Waals surface area contributed by atoms with E-state index < -0.39 is 15.0 Å². The van der Waals surface area contributed by atoms with Gasteiger partial charge in [0.25, 0.3) is 0 Å². The van der Waals surface area contributed by atoms with Gasteiger partial charge in [0.15, 0.2) is 0 Å². The highest BCUT2D eigenvalue weighted by Gasteiger charge is 2.05. The summed E-state index contributed by atoms with van der Waals surface area (Å²) < 4.78 is 29.7. The molecule has 0 unspecified atom stereocenters. The van der Waals surface area contributed by atoms with Gasteiger partial charge in [0, 0.05) is 0 Å². The van der Waals surface area contributed by atoms with Crippen LogP contribution in [0.25, 0.3) is 10.3 Å². The van der Waals surface area contributed by atoms with Crippen LogP contribution in [0.15, 0.2) is 27.4 Å². The van der Waals surface area contributed by atoms with E-state index in [9.17, 15) is 13.2 Å². The molecule has 80 valence electrons. The summed E-state index contributed by atoms with van der Waals surface area (Å²) in [6, 6.07) is 4.66. The van der Waals surface area contributed by atoms with E-state index in [2.05, 4.69) is 4.72 Å². The molecule has 15 heavy (non-hydrogen) atoms. The van der Waals surface area contributed by atoms with Crippen LogP contribution in [-0.4, -0.2) is 14.7 Å². The molecule has 0 bridgehead atoms. The Labute approximate surface area is 89.4 Å². The third-order valence-electron chi connectivity index (χ3n) is 1.63. The molecule has 0 radical (unpaired) electrons.